The molecule has 0 unspecified atom stereocenters. The number of amides is 1. The van der Waals surface area contributed by atoms with Gasteiger partial charge in [-0.15, -0.1) is 0 Å². The van der Waals surface area contributed by atoms with E-state index in [1.165, 1.54) is 0 Å². The van der Waals surface area contributed by atoms with Crippen LogP contribution in [0.5, 0.6) is 5.75 Å². The predicted octanol–water partition coefficient (Wildman–Crippen LogP) is 4.01. The molecule has 29 heavy (non-hydrogen) atoms. The number of benzene rings is 2. The van der Waals surface area contributed by atoms with Crippen LogP contribution in [0.15, 0.2) is 79.1 Å². The highest BCUT2D eigenvalue weighted by Gasteiger charge is 2.19. The number of aromatic nitrogens is 3. The third-order valence-corrected chi connectivity index (χ3v) is 4.71. The summed E-state index contributed by atoms with van der Waals surface area (Å²) in [6.07, 6.45) is 3.42. The Morgan fingerprint density at radius 3 is 2.31 bits per heavy atom. The van der Waals surface area contributed by atoms with E-state index in [2.05, 4.69) is 20.5 Å². The molecule has 4 aromatic rings. The maximum absolute atomic E-state index is 12.9. The van der Waals surface area contributed by atoms with Crippen LogP contribution in [-0.4, -0.2) is 26.2 Å². The van der Waals surface area contributed by atoms with Crippen molar-refractivity contribution in [3.63, 3.8) is 0 Å². The Labute approximate surface area is 168 Å². The number of rotatable bonds is 5. The Bertz CT molecular complexity index is 1100. The number of nitrogens with one attached hydrogen (secondary N) is 2. The molecule has 0 bridgehead atoms. The van der Waals surface area contributed by atoms with Crippen molar-refractivity contribution in [2.45, 2.75) is 13.0 Å². The van der Waals surface area contributed by atoms with Gasteiger partial charge in [-0.05, 0) is 60.5 Å². The lowest BCUT2D eigenvalue weighted by Crippen LogP contribution is -2.29. The molecule has 0 saturated heterocycles. The van der Waals surface area contributed by atoms with Gasteiger partial charge in [0.2, 0.25) is 0 Å². The van der Waals surface area contributed by atoms with Gasteiger partial charge in [0.05, 0.1) is 11.7 Å². The Hall–Kier alpha value is -3.93. The standard InChI is InChI=1S/C23H20N4O2/c1-15-2-4-17(5-3-15)22(18-10-12-24-13-11-18)25-23(29)21-14-20(26-27-21)16-6-8-19(28)9-7-16/h2-14,22,28H,1H3,(H,25,29)(H,26,27)/t22-/m0/s1. The van der Waals surface area contributed by atoms with Crippen molar-refractivity contribution >= 4 is 5.91 Å². The number of aromatic amines is 1. The molecule has 1 atom stereocenters. The number of hydrogen-bond donors (Lipinski definition) is 3. The fourth-order valence-electron chi connectivity index (χ4n) is 3.10. The van der Waals surface area contributed by atoms with Crippen LogP contribution < -0.4 is 5.32 Å². The van der Waals surface area contributed by atoms with E-state index in [1.54, 1.807) is 42.7 Å². The second kappa shape index (κ2) is 7.98. The quantitative estimate of drug-likeness (QED) is 0.485. The third-order valence-electron chi connectivity index (χ3n) is 4.71. The predicted molar refractivity (Wildman–Crippen MR) is 110 cm³/mol. The van der Waals surface area contributed by atoms with Gasteiger partial charge in [0.25, 0.3) is 5.91 Å². The highest BCUT2D eigenvalue weighted by atomic mass is 16.3. The molecule has 0 radical (unpaired) electrons. The van der Waals surface area contributed by atoms with Gasteiger partial charge in [0.1, 0.15) is 11.4 Å². The summed E-state index contributed by atoms with van der Waals surface area (Å²) < 4.78 is 0. The lowest BCUT2D eigenvalue weighted by molar-refractivity contribution is 0.0938. The van der Waals surface area contributed by atoms with E-state index >= 15 is 0 Å². The molecule has 0 saturated carbocycles. The maximum Gasteiger partial charge on any atom is 0.270 e. The van der Waals surface area contributed by atoms with E-state index in [1.807, 2.05) is 43.3 Å². The summed E-state index contributed by atoms with van der Waals surface area (Å²) in [6.45, 7) is 2.03. The minimum absolute atomic E-state index is 0.181. The van der Waals surface area contributed by atoms with Crippen molar-refractivity contribution < 1.29 is 9.90 Å². The zero-order chi connectivity index (χ0) is 20.2. The van der Waals surface area contributed by atoms with Crippen LogP contribution >= 0.6 is 0 Å². The number of nitrogens with zero attached hydrogens (tertiary/aromatic N) is 2. The van der Waals surface area contributed by atoms with Gasteiger partial charge in [-0.1, -0.05) is 29.8 Å². The lowest BCUT2D eigenvalue weighted by Gasteiger charge is -2.19. The normalized spacial score (nSPS) is 11.8. The van der Waals surface area contributed by atoms with Gasteiger partial charge in [-0.25, -0.2) is 0 Å². The van der Waals surface area contributed by atoms with Crippen LogP contribution in [0.1, 0.15) is 33.2 Å². The number of hydrogen-bond acceptors (Lipinski definition) is 4. The Morgan fingerprint density at radius 2 is 1.62 bits per heavy atom. The molecule has 2 aromatic carbocycles. The Balaban J connectivity index is 1.60. The zero-order valence-electron chi connectivity index (χ0n) is 15.8. The summed E-state index contributed by atoms with van der Waals surface area (Å²) in [6, 6.07) is 19.9. The van der Waals surface area contributed by atoms with Crippen molar-refractivity contribution in [1.82, 2.24) is 20.5 Å². The number of aryl methyl sites for hydroxylation is 1. The van der Waals surface area contributed by atoms with Crippen molar-refractivity contribution in [2.24, 2.45) is 0 Å². The average molecular weight is 384 g/mol. The molecule has 3 N–H and O–H groups in total. The molecule has 144 valence electrons. The topological polar surface area (TPSA) is 90.9 Å². The van der Waals surface area contributed by atoms with Gasteiger partial charge >= 0.3 is 0 Å². The van der Waals surface area contributed by atoms with Crippen LogP contribution in [0.25, 0.3) is 11.3 Å². The number of H-pyrrole nitrogens is 1. The molecule has 2 aromatic heterocycles. The van der Waals surface area contributed by atoms with Crippen molar-refractivity contribution in [1.29, 1.82) is 0 Å². The lowest BCUT2D eigenvalue weighted by atomic mass is 9.98. The molecule has 4 rings (SSSR count). The molecular formula is C23H20N4O2. The molecule has 0 aliphatic heterocycles. The van der Waals surface area contributed by atoms with Crippen LogP contribution in [0.3, 0.4) is 0 Å². The van der Waals surface area contributed by atoms with Gasteiger partial charge in [-0.2, -0.15) is 5.10 Å². The van der Waals surface area contributed by atoms with Gasteiger partial charge in [0.15, 0.2) is 0 Å². The molecule has 0 aliphatic carbocycles. The molecule has 0 fully saturated rings. The van der Waals surface area contributed by atoms with Crippen molar-refractivity contribution in [3.05, 3.63) is 102 Å². The van der Waals surface area contributed by atoms with Crippen LogP contribution in [0.2, 0.25) is 0 Å². The van der Waals surface area contributed by atoms with Crippen LogP contribution in [0.4, 0.5) is 0 Å². The number of carbonyl (C=O) groups excluding carboxylic acids is 1. The fraction of sp³-hybridized carbons (Fsp3) is 0.0870. The first-order chi connectivity index (χ1) is 14.1. The smallest absolute Gasteiger partial charge is 0.270 e. The van der Waals surface area contributed by atoms with E-state index in [-0.39, 0.29) is 17.7 Å². The van der Waals surface area contributed by atoms with Crippen LogP contribution in [-0.2, 0) is 0 Å². The maximum atomic E-state index is 12.9. The summed E-state index contributed by atoms with van der Waals surface area (Å²) in [7, 11) is 0. The van der Waals surface area contributed by atoms with Gasteiger partial charge < -0.3 is 10.4 Å². The zero-order valence-corrected chi connectivity index (χ0v) is 15.8. The second-order valence-corrected chi connectivity index (χ2v) is 6.81. The highest BCUT2D eigenvalue weighted by molar-refractivity contribution is 5.93. The molecule has 6 heteroatoms. The van der Waals surface area contributed by atoms with E-state index in [4.69, 9.17) is 0 Å². The van der Waals surface area contributed by atoms with Crippen molar-refractivity contribution in [3.8, 4) is 17.0 Å². The van der Waals surface area contributed by atoms with E-state index in [9.17, 15) is 9.90 Å². The minimum Gasteiger partial charge on any atom is -0.508 e. The average Bonchev–Trinajstić information content (AvgIpc) is 3.24. The van der Waals surface area contributed by atoms with Gasteiger partial charge in [-0.3, -0.25) is 14.9 Å². The third kappa shape index (κ3) is 4.16. The summed E-state index contributed by atoms with van der Waals surface area (Å²) in [5, 5.41) is 19.5. The Morgan fingerprint density at radius 1 is 0.966 bits per heavy atom. The molecule has 0 aliphatic rings. The van der Waals surface area contributed by atoms with E-state index in [0.717, 1.165) is 22.3 Å². The number of carbonyl (C=O) groups is 1. The molecule has 6 nitrogen and oxygen atoms in total. The fourth-order valence-corrected chi connectivity index (χ4v) is 3.10. The molecular weight excluding hydrogens is 364 g/mol. The first-order valence-corrected chi connectivity index (χ1v) is 9.22. The summed E-state index contributed by atoms with van der Waals surface area (Å²) >= 11 is 0. The number of phenolic OH excluding ortho intramolecular Hbond substituents is 1. The van der Waals surface area contributed by atoms with Crippen molar-refractivity contribution in [2.75, 3.05) is 0 Å². The highest BCUT2D eigenvalue weighted by Crippen LogP contribution is 2.24. The first kappa shape index (κ1) is 18.4. The van der Waals surface area contributed by atoms with Gasteiger partial charge in [0, 0.05) is 18.0 Å². The first-order valence-electron chi connectivity index (χ1n) is 9.22. The monoisotopic (exact) mass is 384 g/mol. The number of pyridine rings is 1. The molecule has 2 heterocycles. The molecule has 0 spiro atoms. The summed E-state index contributed by atoms with van der Waals surface area (Å²) in [4.78, 5) is 17.0. The Kier molecular flexibility index (Phi) is 5.07. The largest absolute Gasteiger partial charge is 0.508 e. The minimum atomic E-state index is -0.313. The number of phenols is 1. The van der Waals surface area contributed by atoms with E-state index < -0.39 is 0 Å². The SMILES string of the molecule is Cc1ccc([C@H](NC(=O)c2cc(-c3ccc(O)cc3)n[nH]2)c2ccncc2)cc1. The summed E-state index contributed by atoms with van der Waals surface area (Å²) in [5.74, 6) is -0.0783. The van der Waals surface area contributed by atoms with E-state index in [0.29, 0.717) is 11.4 Å². The number of aromatic hydroxyl groups is 1. The summed E-state index contributed by atoms with van der Waals surface area (Å²) in [5.41, 5.74) is 4.87. The van der Waals surface area contributed by atoms with Crippen LogP contribution in [0, 0.1) is 6.92 Å². The second-order valence-electron chi connectivity index (χ2n) is 6.81. The molecule has 1 amide bonds.